The molecule has 1 aromatic rings. The van der Waals surface area contributed by atoms with Gasteiger partial charge in [0.05, 0.1) is 5.69 Å². The molecule has 0 unspecified atom stereocenters. The zero-order chi connectivity index (χ0) is 20.2. The summed E-state index contributed by atoms with van der Waals surface area (Å²) in [4.78, 5) is 43.3. The lowest BCUT2D eigenvalue weighted by Crippen LogP contribution is -2.61. The number of fused-ring (bicyclic) bond motifs is 1. The summed E-state index contributed by atoms with van der Waals surface area (Å²) < 4.78 is 0. The van der Waals surface area contributed by atoms with E-state index in [1.165, 1.54) is 49.2 Å². The molecule has 3 aliphatic heterocycles. The Morgan fingerprint density at radius 1 is 1.00 bits per heavy atom. The topological polar surface area (TPSA) is 86.9 Å². The number of rotatable bonds is 5. The second-order valence-corrected chi connectivity index (χ2v) is 8.86. The van der Waals surface area contributed by atoms with Crippen LogP contribution in [0.3, 0.4) is 0 Å². The number of imide groups is 1. The molecule has 1 aromatic carbocycles. The number of carbonyl (C=O) groups excluding carboxylic acids is 3. The summed E-state index contributed by atoms with van der Waals surface area (Å²) in [5.41, 5.74) is 5.93. The fourth-order valence-corrected chi connectivity index (χ4v) is 5.26. The van der Waals surface area contributed by atoms with Crippen LogP contribution in [0.1, 0.15) is 44.1 Å². The zero-order valence-corrected chi connectivity index (χ0v) is 16.6. The van der Waals surface area contributed by atoms with Crippen LogP contribution in [0.15, 0.2) is 24.3 Å². The molecule has 0 spiro atoms. The van der Waals surface area contributed by atoms with Crippen molar-refractivity contribution in [3.63, 3.8) is 0 Å². The molecule has 7 nitrogen and oxygen atoms in total. The number of benzene rings is 1. The normalized spacial score (nSPS) is 28.7. The summed E-state index contributed by atoms with van der Waals surface area (Å²) in [5, 5.41) is 0. The van der Waals surface area contributed by atoms with Gasteiger partial charge in [0.25, 0.3) is 11.8 Å². The lowest BCUT2D eigenvalue weighted by atomic mass is 9.86. The Kier molecular flexibility index (Phi) is 4.21. The van der Waals surface area contributed by atoms with Crippen LogP contribution in [0.2, 0.25) is 0 Å². The first-order valence-electron chi connectivity index (χ1n) is 10.6. The third kappa shape index (κ3) is 2.70. The van der Waals surface area contributed by atoms with Crippen molar-refractivity contribution in [1.82, 2.24) is 9.80 Å². The third-order valence-electron chi connectivity index (χ3n) is 7.09. The van der Waals surface area contributed by atoms with Crippen LogP contribution in [0, 0.1) is 6.42 Å². The first-order valence-corrected chi connectivity index (χ1v) is 10.6. The van der Waals surface area contributed by atoms with Crippen LogP contribution in [0.25, 0.3) is 0 Å². The Morgan fingerprint density at radius 2 is 1.69 bits per heavy atom. The molecule has 7 heteroatoms. The van der Waals surface area contributed by atoms with Gasteiger partial charge in [0, 0.05) is 24.9 Å². The van der Waals surface area contributed by atoms with E-state index >= 15 is 0 Å². The summed E-state index contributed by atoms with van der Waals surface area (Å²) in [6, 6.07) is 7.29. The van der Waals surface area contributed by atoms with Gasteiger partial charge in [-0.05, 0) is 69.3 Å². The molecule has 1 saturated carbocycles. The number of nitrogens with zero attached hydrogens (tertiary/aromatic N) is 3. The molecule has 0 bridgehead atoms. The van der Waals surface area contributed by atoms with Gasteiger partial charge in [-0.25, -0.2) is 9.69 Å². The maximum absolute atomic E-state index is 13.2. The van der Waals surface area contributed by atoms with E-state index in [4.69, 9.17) is 5.73 Å². The highest BCUT2D eigenvalue weighted by Crippen LogP contribution is 2.49. The van der Waals surface area contributed by atoms with E-state index < -0.39 is 23.4 Å². The standard InChI is InChI=1S/C22H27N4O3/c23-18(27)22-9-1-2-14-25(22)20(29)26(19(22)28)17-7-5-16(6-8-17)21(10-11-21)15-24-12-3-4-13-24/h5-9H,1-4,10-15H2,(H2,23,27)/t22-/m0/s1. The van der Waals surface area contributed by atoms with Crippen molar-refractivity contribution in [2.24, 2.45) is 5.73 Å². The number of primary amides is 1. The van der Waals surface area contributed by atoms with E-state index in [0.717, 1.165) is 17.9 Å². The van der Waals surface area contributed by atoms with Crippen molar-refractivity contribution in [2.45, 2.75) is 49.5 Å². The molecule has 4 fully saturated rings. The second kappa shape index (κ2) is 6.55. The molecule has 29 heavy (non-hydrogen) atoms. The van der Waals surface area contributed by atoms with Crippen molar-refractivity contribution >= 4 is 23.5 Å². The first-order chi connectivity index (χ1) is 14.0. The lowest BCUT2D eigenvalue weighted by Gasteiger charge is -2.35. The van der Waals surface area contributed by atoms with Crippen molar-refractivity contribution in [3.8, 4) is 0 Å². The quantitative estimate of drug-likeness (QED) is 0.608. The molecule has 3 saturated heterocycles. The third-order valence-corrected chi connectivity index (χ3v) is 7.09. The van der Waals surface area contributed by atoms with Crippen molar-refractivity contribution in [2.75, 3.05) is 31.1 Å². The molecule has 2 N–H and O–H groups in total. The van der Waals surface area contributed by atoms with Crippen LogP contribution in [0.4, 0.5) is 10.5 Å². The highest BCUT2D eigenvalue weighted by atomic mass is 16.2. The van der Waals surface area contributed by atoms with Gasteiger partial charge in [-0.1, -0.05) is 12.1 Å². The number of carbonyl (C=O) groups is 3. The number of piperidine rings is 1. The molecule has 1 aliphatic carbocycles. The van der Waals surface area contributed by atoms with Gasteiger partial charge in [0.15, 0.2) is 0 Å². The first kappa shape index (κ1) is 18.6. The average Bonchev–Trinajstić information content (AvgIpc) is 3.24. The molecule has 153 valence electrons. The van der Waals surface area contributed by atoms with Gasteiger partial charge in [-0.2, -0.15) is 0 Å². The van der Waals surface area contributed by atoms with Crippen molar-refractivity contribution in [3.05, 3.63) is 36.2 Å². The fraction of sp³-hybridized carbons (Fsp3) is 0.545. The summed E-state index contributed by atoms with van der Waals surface area (Å²) in [6.07, 6.45) is 7.83. The maximum atomic E-state index is 13.2. The highest BCUT2D eigenvalue weighted by Gasteiger charge is 2.62. The van der Waals surface area contributed by atoms with E-state index in [1.807, 2.05) is 24.3 Å². The van der Waals surface area contributed by atoms with Crippen LogP contribution < -0.4 is 10.6 Å². The minimum atomic E-state index is -1.64. The smallest absolute Gasteiger partial charge is 0.332 e. The maximum Gasteiger partial charge on any atom is 0.332 e. The van der Waals surface area contributed by atoms with Gasteiger partial charge < -0.3 is 15.5 Å². The van der Waals surface area contributed by atoms with Crippen LogP contribution >= 0.6 is 0 Å². The molecule has 5 rings (SSSR count). The van der Waals surface area contributed by atoms with Gasteiger partial charge >= 0.3 is 6.03 Å². The van der Waals surface area contributed by atoms with E-state index in [2.05, 4.69) is 4.90 Å². The molecule has 3 heterocycles. The molecule has 1 atom stereocenters. The van der Waals surface area contributed by atoms with Gasteiger partial charge in [0.2, 0.25) is 5.54 Å². The SMILES string of the molecule is NC(=O)[C@]12[CH]CCCN1C(=O)N(c1ccc(C3(CN4CCCC4)CC3)cc1)C2=O. The minimum absolute atomic E-state index is 0.210. The number of urea groups is 1. The summed E-state index contributed by atoms with van der Waals surface area (Å²) in [6.45, 7) is 3.80. The summed E-state index contributed by atoms with van der Waals surface area (Å²) in [5.74, 6) is -1.34. The van der Waals surface area contributed by atoms with Crippen molar-refractivity contribution < 1.29 is 14.4 Å². The number of amides is 4. The largest absolute Gasteiger partial charge is 0.367 e. The lowest BCUT2D eigenvalue weighted by molar-refractivity contribution is -0.136. The number of anilines is 1. The van der Waals surface area contributed by atoms with Crippen LogP contribution in [-0.4, -0.2) is 59.4 Å². The molecule has 4 aliphatic rings. The van der Waals surface area contributed by atoms with E-state index in [-0.39, 0.29) is 5.41 Å². The molecular formula is C22H27N4O3. The summed E-state index contributed by atoms with van der Waals surface area (Å²) in [7, 11) is 0. The van der Waals surface area contributed by atoms with Crippen molar-refractivity contribution in [1.29, 1.82) is 0 Å². The number of hydrogen-bond acceptors (Lipinski definition) is 4. The summed E-state index contributed by atoms with van der Waals surface area (Å²) >= 11 is 0. The van der Waals surface area contributed by atoms with Gasteiger partial charge in [0.1, 0.15) is 0 Å². The zero-order valence-electron chi connectivity index (χ0n) is 16.6. The molecule has 0 aromatic heterocycles. The van der Waals surface area contributed by atoms with E-state index in [9.17, 15) is 14.4 Å². The fourth-order valence-electron chi connectivity index (χ4n) is 5.26. The van der Waals surface area contributed by atoms with E-state index in [1.54, 1.807) is 6.42 Å². The Labute approximate surface area is 170 Å². The van der Waals surface area contributed by atoms with Gasteiger partial charge in [-0.3, -0.25) is 9.59 Å². The Hall–Kier alpha value is -2.41. The predicted octanol–water partition coefficient (Wildman–Crippen LogP) is 1.80. The highest BCUT2D eigenvalue weighted by molar-refractivity contribution is 6.31. The molecule has 1 radical (unpaired) electrons. The Morgan fingerprint density at radius 3 is 2.28 bits per heavy atom. The Balaban J connectivity index is 1.41. The molecular weight excluding hydrogens is 368 g/mol. The van der Waals surface area contributed by atoms with Crippen LogP contribution in [0.5, 0.6) is 0 Å². The van der Waals surface area contributed by atoms with Gasteiger partial charge in [-0.15, -0.1) is 0 Å². The van der Waals surface area contributed by atoms with E-state index in [0.29, 0.717) is 18.7 Å². The second-order valence-electron chi connectivity index (χ2n) is 8.86. The van der Waals surface area contributed by atoms with Crippen LogP contribution in [-0.2, 0) is 15.0 Å². The minimum Gasteiger partial charge on any atom is -0.367 e. The number of likely N-dealkylation sites (tertiary alicyclic amines) is 1. The number of nitrogens with two attached hydrogens (primary N) is 1. The molecule has 4 amide bonds. The predicted molar refractivity (Wildman–Crippen MR) is 108 cm³/mol. The monoisotopic (exact) mass is 395 g/mol. The Bertz CT molecular complexity index is 857. The average molecular weight is 395 g/mol. The number of hydrogen-bond donors (Lipinski definition) is 1.